The van der Waals surface area contributed by atoms with Crippen molar-refractivity contribution in [2.75, 3.05) is 0 Å². The average Bonchev–Trinajstić information content (AvgIpc) is 2.79. The predicted octanol–water partition coefficient (Wildman–Crippen LogP) is 1.89. The van der Waals surface area contributed by atoms with Crippen LogP contribution in [0.1, 0.15) is 49.4 Å². The van der Waals surface area contributed by atoms with Crippen molar-refractivity contribution in [3.05, 3.63) is 16.1 Å². The normalized spacial score (nSPS) is 18.5. The van der Waals surface area contributed by atoms with Gasteiger partial charge >= 0.3 is 6.09 Å². The van der Waals surface area contributed by atoms with Crippen molar-refractivity contribution in [2.45, 2.75) is 57.2 Å². The summed E-state index contributed by atoms with van der Waals surface area (Å²) in [6.07, 6.45) is 2.94. The van der Waals surface area contributed by atoms with Crippen LogP contribution in [-0.2, 0) is 21.6 Å². The molecule has 3 N–H and O–H groups in total. The van der Waals surface area contributed by atoms with E-state index in [2.05, 4.69) is 4.98 Å². The van der Waals surface area contributed by atoms with E-state index in [1.165, 1.54) is 11.3 Å². The van der Waals surface area contributed by atoms with Crippen LogP contribution in [-0.4, -0.2) is 27.6 Å². The highest BCUT2D eigenvalue weighted by atomic mass is 32.1. The number of nitrogens with two attached hydrogens (primary N) is 1. The number of hydrogen-bond acceptors (Lipinski definition) is 6. The zero-order chi connectivity index (χ0) is 15.7. The molecule has 1 aliphatic carbocycles. The highest BCUT2D eigenvalue weighted by Crippen LogP contribution is 2.39. The fourth-order valence-corrected chi connectivity index (χ4v) is 3.75. The lowest BCUT2D eigenvalue weighted by Gasteiger charge is -2.30. The Labute approximate surface area is 127 Å². The molecule has 1 aliphatic rings. The maximum atomic E-state index is 11.3. The standard InChI is InChI=1S/C14H20N2O4S/c1-13(2,20-12(15)18)7-11-16-8-10(21-11)14(19)5-3-9(17)4-6-14/h8,19H,3-7H2,1-2H3,(H2,15,18). The summed E-state index contributed by atoms with van der Waals surface area (Å²) in [6, 6.07) is 0. The van der Waals surface area contributed by atoms with E-state index >= 15 is 0 Å². The Bertz CT molecular complexity index is 543. The van der Waals surface area contributed by atoms with Crippen LogP contribution < -0.4 is 5.73 Å². The molecule has 0 bridgehead atoms. The van der Waals surface area contributed by atoms with E-state index in [9.17, 15) is 14.7 Å². The Kier molecular flexibility index (Phi) is 4.34. The van der Waals surface area contributed by atoms with Crippen LogP contribution in [0.25, 0.3) is 0 Å². The summed E-state index contributed by atoms with van der Waals surface area (Å²) in [5.74, 6) is 0.195. The van der Waals surface area contributed by atoms with Gasteiger partial charge in [-0.2, -0.15) is 0 Å². The molecule has 21 heavy (non-hydrogen) atoms. The average molecular weight is 312 g/mol. The Morgan fingerprint density at radius 1 is 1.52 bits per heavy atom. The first-order valence-electron chi connectivity index (χ1n) is 6.88. The van der Waals surface area contributed by atoms with Crippen LogP contribution in [0.4, 0.5) is 4.79 Å². The first-order chi connectivity index (χ1) is 9.70. The quantitative estimate of drug-likeness (QED) is 0.883. The van der Waals surface area contributed by atoms with Crippen molar-refractivity contribution < 1.29 is 19.4 Å². The summed E-state index contributed by atoms with van der Waals surface area (Å²) in [5, 5.41) is 11.4. The Balaban J connectivity index is 2.08. The summed E-state index contributed by atoms with van der Waals surface area (Å²) in [7, 11) is 0. The molecule has 1 aromatic rings. The topological polar surface area (TPSA) is 103 Å². The van der Waals surface area contributed by atoms with E-state index in [-0.39, 0.29) is 5.78 Å². The van der Waals surface area contributed by atoms with Gasteiger partial charge in [-0.15, -0.1) is 11.3 Å². The molecule has 1 saturated carbocycles. The molecule has 0 saturated heterocycles. The lowest BCUT2D eigenvalue weighted by atomic mass is 9.83. The highest BCUT2D eigenvalue weighted by molar-refractivity contribution is 7.11. The van der Waals surface area contributed by atoms with Crippen molar-refractivity contribution in [1.82, 2.24) is 4.98 Å². The van der Waals surface area contributed by atoms with E-state index in [1.54, 1.807) is 20.0 Å². The van der Waals surface area contributed by atoms with Crippen molar-refractivity contribution in [2.24, 2.45) is 5.73 Å². The van der Waals surface area contributed by atoms with Gasteiger partial charge in [-0.3, -0.25) is 4.79 Å². The van der Waals surface area contributed by atoms with Crippen LogP contribution in [0.3, 0.4) is 0 Å². The lowest BCUT2D eigenvalue weighted by molar-refractivity contribution is -0.125. The Hall–Kier alpha value is -1.47. The molecule has 1 aromatic heterocycles. The molecule has 0 spiro atoms. The number of nitrogens with zero attached hydrogens (tertiary/aromatic N) is 1. The summed E-state index contributed by atoms with van der Waals surface area (Å²) >= 11 is 1.39. The number of rotatable bonds is 4. The van der Waals surface area contributed by atoms with Crippen LogP contribution >= 0.6 is 11.3 Å². The zero-order valence-electron chi connectivity index (χ0n) is 12.2. The molecule has 1 amide bonds. The van der Waals surface area contributed by atoms with Crippen molar-refractivity contribution in [1.29, 1.82) is 0 Å². The molecular weight excluding hydrogens is 292 g/mol. The molecule has 0 aliphatic heterocycles. The third-order valence-electron chi connectivity index (χ3n) is 3.60. The molecule has 6 nitrogen and oxygen atoms in total. The number of primary amides is 1. The molecular formula is C14H20N2O4S. The second-order valence-electron chi connectivity index (χ2n) is 6.05. The maximum absolute atomic E-state index is 11.3. The first-order valence-corrected chi connectivity index (χ1v) is 7.70. The number of amides is 1. The van der Waals surface area contributed by atoms with Gasteiger partial charge in [0, 0.05) is 25.5 Å². The number of aromatic nitrogens is 1. The van der Waals surface area contributed by atoms with E-state index < -0.39 is 17.3 Å². The van der Waals surface area contributed by atoms with Gasteiger partial charge in [-0.05, 0) is 26.7 Å². The van der Waals surface area contributed by atoms with Gasteiger partial charge in [0.25, 0.3) is 0 Å². The van der Waals surface area contributed by atoms with Gasteiger partial charge in [0.2, 0.25) is 0 Å². The van der Waals surface area contributed by atoms with E-state index in [1.807, 2.05) is 0 Å². The van der Waals surface area contributed by atoms with Crippen molar-refractivity contribution >= 4 is 23.2 Å². The SMILES string of the molecule is CC(C)(Cc1ncc(C2(O)CCC(=O)CC2)s1)OC(N)=O. The fraction of sp³-hybridized carbons (Fsp3) is 0.643. The number of thiazole rings is 1. The summed E-state index contributed by atoms with van der Waals surface area (Å²) in [4.78, 5) is 27.2. The van der Waals surface area contributed by atoms with Gasteiger partial charge in [0.15, 0.2) is 0 Å². The molecule has 7 heteroatoms. The molecule has 0 radical (unpaired) electrons. The van der Waals surface area contributed by atoms with Crippen molar-refractivity contribution in [3.8, 4) is 0 Å². The second kappa shape index (κ2) is 5.73. The van der Waals surface area contributed by atoms with Gasteiger partial charge in [-0.1, -0.05) is 0 Å². The maximum Gasteiger partial charge on any atom is 0.405 e. The molecule has 2 rings (SSSR count). The number of carbonyl (C=O) groups excluding carboxylic acids is 2. The number of ketones is 1. The zero-order valence-corrected chi connectivity index (χ0v) is 13.0. The Morgan fingerprint density at radius 2 is 2.14 bits per heavy atom. The third kappa shape index (κ3) is 4.01. The molecule has 0 aromatic carbocycles. The number of carbonyl (C=O) groups is 2. The van der Waals surface area contributed by atoms with Gasteiger partial charge < -0.3 is 15.6 Å². The largest absolute Gasteiger partial charge is 0.443 e. The molecule has 1 fully saturated rings. The van der Waals surface area contributed by atoms with Crippen LogP contribution in [0.15, 0.2) is 6.20 Å². The summed E-state index contributed by atoms with van der Waals surface area (Å²) < 4.78 is 5.03. The fourth-order valence-electron chi connectivity index (χ4n) is 2.47. The van der Waals surface area contributed by atoms with Gasteiger partial charge in [0.05, 0.1) is 9.88 Å². The monoisotopic (exact) mass is 312 g/mol. The van der Waals surface area contributed by atoms with E-state index in [0.29, 0.717) is 32.1 Å². The van der Waals surface area contributed by atoms with Crippen molar-refractivity contribution in [3.63, 3.8) is 0 Å². The predicted molar refractivity (Wildman–Crippen MR) is 77.9 cm³/mol. The summed E-state index contributed by atoms with van der Waals surface area (Å²) in [6.45, 7) is 3.51. The number of Topliss-reactive ketones (excluding diaryl/α,β-unsaturated/α-hetero) is 1. The minimum Gasteiger partial charge on any atom is -0.443 e. The van der Waals surface area contributed by atoms with E-state index in [0.717, 1.165) is 9.88 Å². The highest BCUT2D eigenvalue weighted by Gasteiger charge is 2.36. The third-order valence-corrected chi connectivity index (χ3v) is 4.79. The first kappa shape index (κ1) is 15.9. The Morgan fingerprint density at radius 3 is 2.71 bits per heavy atom. The minimum absolute atomic E-state index is 0.195. The smallest absolute Gasteiger partial charge is 0.405 e. The van der Waals surface area contributed by atoms with Gasteiger partial charge in [-0.25, -0.2) is 9.78 Å². The number of hydrogen-bond donors (Lipinski definition) is 2. The number of ether oxygens (including phenoxy) is 1. The molecule has 1 heterocycles. The molecule has 0 atom stereocenters. The van der Waals surface area contributed by atoms with Crippen LogP contribution in [0.5, 0.6) is 0 Å². The lowest BCUT2D eigenvalue weighted by Crippen LogP contribution is -2.33. The summed E-state index contributed by atoms with van der Waals surface area (Å²) in [5.41, 5.74) is 3.33. The van der Waals surface area contributed by atoms with Gasteiger partial charge in [0.1, 0.15) is 17.0 Å². The second-order valence-corrected chi connectivity index (χ2v) is 7.16. The van der Waals surface area contributed by atoms with Crippen LogP contribution in [0, 0.1) is 0 Å². The van der Waals surface area contributed by atoms with E-state index in [4.69, 9.17) is 10.5 Å². The molecule has 116 valence electrons. The minimum atomic E-state index is -0.960. The van der Waals surface area contributed by atoms with Crippen LogP contribution in [0.2, 0.25) is 0 Å². The molecule has 0 unspecified atom stereocenters. The number of aliphatic hydroxyl groups is 1.